The van der Waals surface area contributed by atoms with E-state index in [4.69, 9.17) is 14.5 Å². The Morgan fingerprint density at radius 1 is 1.45 bits per heavy atom. The Hall–Kier alpha value is -1.34. The van der Waals surface area contributed by atoms with E-state index in [0.29, 0.717) is 19.3 Å². The molecule has 0 bridgehead atoms. The Labute approximate surface area is 127 Å². The van der Waals surface area contributed by atoms with E-state index in [1.165, 1.54) is 6.33 Å². The second kappa shape index (κ2) is 7.28. The first kappa shape index (κ1) is 17.0. The largest absolute Gasteiger partial charge is 0.363 e. The van der Waals surface area contributed by atoms with Gasteiger partial charge in [0.05, 0.1) is 17.3 Å². The minimum Gasteiger partial charge on any atom is -0.363 e. The van der Waals surface area contributed by atoms with E-state index < -0.39 is 26.7 Å². The topological polar surface area (TPSA) is 97.0 Å². The van der Waals surface area contributed by atoms with Crippen LogP contribution in [0.4, 0.5) is 4.39 Å². The number of hydrogen-bond acceptors (Lipinski definition) is 4. The average molecular weight is 331 g/mol. The van der Waals surface area contributed by atoms with Crippen molar-refractivity contribution in [3.8, 4) is 0 Å². The third kappa shape index (κ3) is 4.58. The lowest BCUT2D eigenvalue weighted by molar-refractivity contribution is 0.0486. The Bertz CT molecular complexity index is 672. The van der Waals surface area contributed by atoms with Crippen LogP contribution in [0.15, 0.2) is 18.5 Å². The molecule has 2 N–H and O–H groups in total. The highest BCUT2D eigenvalue weighted by molar-refractivity contribution is 7.51. The van der Waals surface area contributed by atoms with E-state index >= 15 is 0 Å². The minimum atomic E-state index is -4.26. The summed E-state index contributed by atoms with van der Waals surface area (Å²) in [5.74, 6) is 0. The number of ether oxygens (including phenoxy) is 1. The van der Waals surface area contributed by atoms with Crippen LogP contribution < -0.4 is 0 Å². The highest BCUT2D eigenvalue weighted by atomic mass is 31.2. The Kier molecular flexibility index (Phi) is 5.63. The van der Waals surface area contributed by atoms with Gasteiger partial charge in [-0.05, 0) is 38.3 Å². The molecule has 0 saturated carbocycles. The number of fused-ring (bicyclic) bond motifs is 1. The quantitative estimate of drug-likeness (QED) is 0.717. The van der Waals surface area contributed by atoms with Crippen molar-refractivity contribution in [1.29, 1.82) is 0 Å². The van der Waals surface area contributed by atoms with E-state index in [2.05, 4.69) is 10.1 Å². The standard InChI is InChI=1S/C13H19FN3O4P/c1-10-13-6-5-11(17(13)16-8-15-10)3-2-4-12(7-14)21-9-22(18,19)20/h5-6,8,12H,2-4,7,9H2,1H3,(H2,18,19,20)/t12-/m0/s1. The molecule has 2 aromatic rings. The summed E-state index contributed by atoms with van der Waals surface area (Å²) in [6.07, 6.45) is 1.62. The molecular weight excluding hydrogens is 312 g/mol. The monoisotopic (exact) mass is 331 g/mol. The van der Waals surface area contributed by atoms with Crippen molar-refractivity contribution in [1.82, 2.24) is 14.6 Å². The number of aryl methyl sites for hydroxylation is 2. The molecule has 2 rings (SSSR count). The number of rotatable bonds is 8. The highest BCUT2D eigenvalue weighted by Gasteiger charge is 2.18. The zero-order chi connectivity index (χ0) is 16.2. The molecule has 0 aliphatic heterocycles. The molecule has 0 spiro atoms. The molecule has 0 fully saturated rings. The minimum absolute atomic E-state index is 0.383. The molecule has 0 saturated heterocycles. The number of alkyl halides is 1. The average Bonchev–Trinajstić information content (AvgIpc) is 2.86. The van der Waals surface area contributed by atoms with E-state index in [1.807, 2.05) is 19.1 Å². The second-order valence-corrected chi connectivity index (χ2v) is 6.68. The predicted molar refractivity (Wildman–Crippen MR) is 78.4 cm³/mol. The smallest absolute Gasteiger partial charge is 0.350 e. The first-order chi connectivity index (χ1) is 10.4. The van der Waals surface area contributed by atoms with Gasteiger partial charge in [0.2, 0.25) is 0 Å². The summed E-state index contributed by atoms with van der Waals surface area (Å²) >= 11 is 0. The van der Waals surface area contributed by atoms with Crippen LogP contribution in [0.3, 0.4) is 0 Å². The zero-order valence-corrected chi connectivity index (χ0v) is 13.1. The lowest BCUT2D eigenvalue weighted by Crippen LogP contribution is -2.16. The van der Waals surface area contributed by atoms with E-state index in [1.54, 1.807) is 4.52 Å². The molecule has 0 aliphatic carbocycles. The van der Waals surface area contributed by atoms with Crippen LogP contribution in [0.25, 0.3) is 5.52 Å². The van der Waals surface area contributed by atoms with Gasteiger partial charge in [0.1, 0.15) is 19.3 Å². The molecule has 2 heterocycles. The Morgan fingerprint density at radius 3 is 2.91 bits per heavy atom. The fraction of sp³-hybridized carbons (Fsp3) is 0.538. The summed E-state index contributed by atoms with van der Waals surface area (Å²) in [6, 6.07) is 3.87. The SMILES string of the molecule is Cc1ncnn2c(CCC[C@@H](CF)OCP(=O)(O)O)ccc12. The van der Waals surface area contributed by atoms with Gasteiger partial charge < -0.3 is 14.5 Å². The van der Waals surface area contributed by atoms with E-state index in [0.717, 1.165) is 16.9 Å². The van der Waals surface area contributed by atoms with Crippen molar-refractivity contribution >= 4 is 13.1 Å². The Balaban J connectivity index is 1.89. The molecular formula is C13H19FN3O4P. The lowest BCUT2D eigenvalue weighted by atomic mass is 10.1. The highest BCUT2D eigenvalue weighted by Crippen LogP contribution is 2.34. The van der Waals surface area contributed by atoms with Gasteiger partial charge in [-0.1, -0.05) is 0 Å². The van der Waals surface area contributed by atoms with E-state index in [9.17, 15) is 8.96 Å². The van der Waals surface area contributed by atoms with Crippen molar-refractivity contribution in [2.75, 3.05) is 13.0 Å². The van der Waals surface area contributed by atoms with Gasteiger partial charge in [0.15, 0.2) is 0 Å². The first-order valence-electron chi connectivity index (χ1n) is 6.91. The van der Waals surface area contributed by atoms with Crippen molar-refractivity contribution in [3.05, 3.63) is 29.8 Å². The van der Waals surface area contributed by atoms with Crippen molar-refractivity contribution in [2.45, 2.75) is 32.3 Å². The fourth-order valence-corrected chi connectivity index (χ4v) is 2.62. The van der Waals surface area contributed by atoms with Crippen LogP contribution in [0.1, 0.15) is 24.2 Å². The normalized spacial score (nSPS) is 13.6. The van der Waals surface area contributed by atoms with Crippen LogP contribution in [0.5, 0.6) is 0 Å². The third-order valence-corrected chi connectivity index (χ3v) is 3.82. The van der Waals surface area contributed by atoms with Crippen LogP contribution in [0.2, 0.25) is 0 Å². The maximum Gasteiger partial charge on any atom is 0.350 e. The fourth-order valence-electron chi connectivity index (χ4n) is 2.22. The van der Waals surface area contributed by atoms with Crippen LogP contribution >= 0.6 is 7.60 Å². The second-order valence-electron chi connectivity index (χ2n) is 5.10. The summed E-state index contributed by atoms with van der Waals surface area (Å²) in [5, 5.41) is 4.19. The summed E-state index contributed by atoms with van der Waals surface area (Å²) in [4.78, 5) is 21.6. The molecule has 0 amide bonds. The predicted octanol–water partition coefficient (Wildman–Crippen LogP) is 1.85. The summed E-state index contributed by atoms with van der Waals surface area (Å²) in [5.41, 5.74) is 2.79. The molecule has 2 aromatic heterocycles. The van der Waals surface area contributed by atoms with Crippen LogP contribution in [0, 0.1) is 6.92 Å². The van der Waals surface area contributed by atoms with Gasteiger partial charge in [-0.3, -0.25) is 4.57 Å². The van der Waals surface area contributed by atoms with Crippen LogP contribution in [-0.4, -0.2) is 43.5 Å². The van der Waals surface area contributed by atoms with Crippen LogP contribution in [-0.2, 0) is 15.7 Å². The number of nitrogens with zero attached hydrogens (tertiary/aromatic N) is 3. The van der Waals surface area contributed by atoms with Gasteiger partial charge in [0.25, 0.3) is 0 Å². The molecule has 22 heavy (non-hydrogen) atoms. The van der Waals surface area contributed by atoms with Crippen molar-refractivity contribution in [2.24, 2.45) is 0 Å². The number of halogens is 1. The number of aromatic nitrogens is 3. The van der Waals surface area contributed by atoms with E-state index in [-0.39, 0.29) is 0 Å². The summed E-state index contributed by atoms with van der Waals surface area (Å²) < 4.78 is 30.2. The molecule has 9 heteroatoms. The Morgan fingerprint density at radius 2 is 2.23 bits per heavy atom. The maximum atomic E-state index is 12.8. The molecule has 0 unspecified atom stereocenters. The molecule has 122 valence electrons. The van der Waals surface area contributed by atoms with Gasteiger partial charge in [-0.25, -0.2) is 13.9 Å². The molecule has 0 aliphatic rings. The van der Waals surface area contributed by atoms with Crippen molar-refractivity contribution in [3.63, 3.8) is 0 Å². The maximum absolute atomic E-state index is 12.8. The van der Waals surface area contributed by atoms with Gasteiger partial charge in [-0.2, -0.15) is 5.10 Å². The van der Waals surface area contributed by atoms with Gasteiger partial charge in [-0.15, -0.1) is 0 Å². The summed E-state index contributed by atoms with van der Waals surface area (Å²) in [7, 11) is -4.26. The van der Waals surface area contributed by atoms with Gasteiger partial charge in [0, 0.05) is 5.69 Å². The van der Waals surface area contributed by atoms with Crippen molar-refractivity contribution < 1.29 is 23.5 Å². The molecule has 0 radical (unpaired) electrons. The summed E-state index contributed by atoms with van der Waals surface area (Å²) in [6.45, 7) is 1.13. The lowest BCUT2D eigenvalue weighted by Gasteiger charge is -2.14. The molecule has 1 atom stereocenters. The zero-order valence-electron chi connectivity index (χ0n) is 12.2. The number of hydrogen-bond donors (Lipinski definition) is 2. The first-order valence-corrected chi connectivity index (χ1v) is 8.71. The third-order valence-electron chi connectivity index (χ3n) is 3.33. The van der Waals surface area contributed by atoms with Gasteiger partial charge >= 0.3 is 7.60 Å². The molecule has 7 nitrogen and oxygen atoms in total. The molecule has 0 aromatic carbocycles.